The molecule has 0 fully saturated rings. The Labute approximate surface area is 202 Å². The summed E-state index contributed by atoms with van der Waals surface area (Å²) >= 11 is 13.5. The van der Waals surface area contributed by atoms with Gasteiger partial charge in [-0.25, -0.2) is 0 Å². The molecule has 0 radical (unpaired) electrons. The van der Waals surface area contributed by atoms with Crippen LogP contribution in [0, 0.1) is 0 Å². The van der Waals surface area contributed by atoms with E-state index in [1.165, 1.54) is 0 Å². The van der Waals surface area contributed by atoms with Crippen molar-refractivity contribution >= 4 is 62.0 Å². The molecule has 2 aromatic carbocycles. The zero-order valence-electron chi connectivity index (χ0n) is 16.8. The Morgan fingerprint density at radius 3 is 1.84 bits per heavy atom. The summed E-state index contributed by atoms with van der Waals surface area (Å²) in [7, 11) is 0. The molecule has 0 amide bonds. The van der Waals surface area contributed by atoms with Crippen molar-refractivity contribution in [1.82, 2.24) is 21.5 Å². The van der Waals surface area contributed by atoms with Gasteiger partial charge in [-0.3, -0.25) is 10.9 Å². The fraction of sp³-hybridized carbons (Fsp3) is 0.200. The van der Waals surface area contributed by atoms with Gasteiger partial charge in [-0.1, -0.05) is 58.4 Å². The van der Waals surface area contributed by atoms with Gasteiger partial charge in [0.15, 0.2) is 10.2 Å². The zero-order valence-corrected chi connectivity index (χ0v) is 20.1. The molecule has 32 heavy (non-hydrogen) atoms. The van der Waals surface area contributed by atoms with Gasteiger partial charge in [0.2, 0.25) is 0 Å². The summed E-state index contributed by atoms with van der Waals surface area (Å²) in [5, 5.41) is 13.7. The first-order valence-corrected chi connectivity index (χ1v) is 10.9. The summed E-state index contributed by atoms with van der Waals surface area (Å²) in [5.74, 6) is 0. The highest BCUT2D eigenvalue weighted by atomic mass is 79.9. The smallest absolute Gasteiger partial charge is 0.362 e. The number of thiocarbonyl (C=S) groups is 2. The third kappa shape index (κ3) is 8.89. The van der Waals surface area contributed by atoms with Gasteiger partial charge in [-0.2, -0.15) is 23.4 Å². The first kappa shape index (κ1) is 25.7. The van der Waals surface area contributed by atoms with E-state index in [4.69, 9.17) is 24.4 Å². The van der Waals surface area contributed by atoms with Gasteiger partial charge < -0.3 is 10.6 Å². The number of hydrogen-bond donors (Lipinski definition) is 4. The largest absolute Gasteiger partial charge is 0.405 e. The summed E-state index contributed by atoms with van der Waals surface area (Å²) in [4.78, 5) is 0. The van der Waals surface area contributed by atoms with E-state index in [-0.39, 0.29) is 5.11 Å². The van der Waals surface area contributed by atoms with Crippen molar-refractivity contribution in [2.24, 2.45) is 10.2 Å². The van der Waals surface area contributed by atoms with Crippen LogP contribution < -0.4 is 21.5 Å². The number of benzene rings is 2. The number of nitrogens with zero attached hydrogens (tertiary/aromatic N) is 2. The minimum absolute atomic E-state index is 0.276. The normalized spacial score (nSPS) is 12.2. The first-order chi connectivity index (χ1) is 15.2. The molecule has 0 spiro atoms. The standard InChI is InChI=1S/C20H20BrF3N6S2/c1-2-25-18(31)29-28-17(14-8-10-15(21)11-9-14)16(13-6-4-3-5-7-13)27-30-19(32)26-12-20(22,23)24/h3-11H,2,12H2,1H3,(H2,25,29,31)(H2,26,30,32). The fourth-order valence-electron chi connectivity index (χ4n) is 2.35. The monoisotopic (exact) mass is 544 g/mol. The Balaban J connectivity index is 2.44. The van der Waals surface area contributed by atoms with E-state index in [9.17, 15) is 13.2 Å². The van der Waals surface area contributed by atoms with Crippen LogP contribution in [-0.4, -0.2) is 40.9 Å². The lowest BCUT2D eigenvalue weighted by Gasteiger charge is -2.14. The third-order valence-corrected chi connectivity index (χ3v) is 4.71. The Bertz CT molecular complexity index is 979. The summed E-state index contributed by atoms with van der Waals surface area (Å²) in [6.07, 6.45) is -4.41. The second-order valence-electron chi connectivity index (χ2n) is 6.17. The molecule has 2 rings (SSSR count). The van der Waals surface area contributed by atoms with Crippen LogP contribution in [0.5, 0.6) is 0 Å². The molecule has 6 nitrogen and oxygen atoms in total. The van der Waals surface area contributed by atoms with Crippen molar-refractivity contribution in [2.75, 3.05) is 13.1 Å². The topological polar surface area (TPSA) is 72.8 Å². The summed E-state index contributed by atoms with van der Waals surface area (Å²) < 4.78 is 38.3. The molecule has 0 saturated heterocycles. The molecule has 0 heterocycles. The van der Waals surface area contributed by atoms with Crippen LogP contribution in [0.2, 0.25) is 0 Å². The number of rotatable bonds is 7. The van der Waals surface area contributed by atoms with Crippen molar-refractivity contribution in [3.05, 3.63) is 70.2 Å². The Kier molecular flexibility index (Phi) is 10.0. The minimum atomic E-state index is -4.41. The van der Waals surface area contributed by atoms with Gasteiger partial charge >= 0.3 is 6.18 Å². The van der Waals surface area contributed by atoms with Gasteiger partial charge in [-0.15, -0.1) is 0 Å². The highest BCUT2D eigenvalue weighted by molar-refractivity contribution is 9.10. The number of nitrogens with one attached hydrogen (secondary N) is 4. The van der Waals surface area contributed by atoms with E-state index in [2.05, 4.69) is 47.6 Å². The lowest BCUT2D eigenvalue weighted by molar-refractivity contribution is -0.122. The van der Waals surface area contributed by atoms with Crippen LogP contribution >= 0.6 is 40.4 Å². The van der Waals surface area contributed by atoms with Gasteiger partial charge in [0, 0.05) is 22.1 Å². The molecule has 0 unspecified atom stereocenters. The van der Waals surface area contributed by atoms with Crippen molar-refractivity contribution in [1.29, 1.82) is 0 Å². The Hall–Kier alpha value is -2.57. The SMILES string of the molecule is CCNC(=S)NN=C(C(=NNC(=S)NCC(F)(F)F)c1ccccc1)c1ccc(Br)cc1. The van der Waals surface area contributed by atoms with E-state index in [1.54, 1.807) is 24.3 Å². The number of hydrogen-bond acceptors (Lipinski definition) is 4. The van der Waals surface area contributed by atoms with E-state index in [0.29, 0.717) is 34.2 Å². The molecule has 0 atom stereocenters. The van der Waals surface area contributed by atoms with Crippen LogP contribution in [0.15, 0.2) is 69.3 Å². The molecule has 0 aromatic heterocycles. The Morgan fingerprint density at radius 2 is 1.34 bits per heavy atom. The molecule has 0 aliphatic heterocycles. The van der Waals surface area contributed by atoms with E-state index in [0.717, 1.165) is 4.47 Å². The lowest BCUT2D eigenvalue weighted by atomic mass is 10.00. The van der Waals surface area contributed by atoms with Crippen LogP contribution in [-0.2, 0) is 0 Å². The van der Waals surface area contributed by atoms with Gasteiger partial charge in [0.05, 0.1) is 0 Å². The quantitative estimate of drug-likeness (QED) is 0.239. The van der Waals surface area contributed by atoms with Crippen LogP contribution in [0.4, 0.5) is 13.2 Å². The number of hydrazone groups is 2. The highest BCUT2D eigenvalue weighted by Crippen LogP contribution is 2.15. The van der Waals surface area contributed by atoms with Gasteiger partial charge in [0.25, 0.3) is 0 Å². The van der Waals surface area contributed by atoms with Crippen LogP contribution in [0.25, 0.3) is 0 Å². The van der Waals surface area contributed by atoms with Gasteiger partial charge in [-0.05, 0) is 43.5 Å². The van der Waals surface area contributed by atoms with Crippen molar-refractivity contribution in [3.63, 3.8) is 0 Å². The summed E-state index contributed by atoms with van der Waals surface area (Å²) in [5.41, 5.74) is 7.34. The van der Waals surface area contributed by atoms with E-state index < -0.39 is 12.7 Å². The average molecular weight is 545 g/mol. The van der Waals surface area contributed by atoms with Gasteiger partial charge in [0.1, 0.15) is 18.0 Å². The molecule has 12 heteroatoms. The van der Waals surface area contributed by atoms with Crippen molar-refractivity contribution < 1.29 is 13.2 Å². The predicted molar refractivity (Wildman–Crippen MR) is 133 cm³/mol. The van der Waals surface area contributed by atoms with E-state index >= 15 is 0 Å². The van der Waals surface area contributed by atoms with E-state index in [1.807, 2.05) is 37.3 Å². The summed E-state index contributed by atoms with van der Waals surface area (Å²) in [6, 6.07) is 16.3. The molecule has 0 bridgehead atoms. The van der Waals surface area contributed by atoms with Crippen molar-refractivity contribution in [2.45, 2.75) is 13.1 Å². The number of halogens is 4. The molecule has 2 aromatic rings. The lowest BCUT2D eigenvalue weighted by Crippen LogP contribution is -2.39. The highest BCUT2D eigenvalue weighted by Gasteiger charge is 2.27. The fourth-order valence-corrected chi connectivity index (χ4v) is 2.92. The predicted octanol–water partition coefficient (Wildman–Crippen LogP) is 4.07. The first-order valence-electron chi connectivity index (χ1n) is 9.31. The minimum Gasteiger partial charge on any atom is -0.362 e. The molecule has 0 aliphatic carbocycles. The van der Waals surface area contributed by atoms with Crippen molar-refractivity contribution in [3.8, 4) is 0 Å². The molecule has 4 N–H and O–H groups in total. The zero-order chi connectivity index (χ0) is 23.6. The Morgan fingerprint density at radius 1 is 0.844 bits per heavy atom. The maximum absolute atomic E-state index is 12.5. The molecular weight excluding hydrogens is 525 g/mol. The molecule has 0 saturated carbocycles. The average Bonchev–Trinajstić information content (AvgIpc) is 2.75. The molecule has 170 valence electrons. The van der Waals surface area contributed by atoms with Crippen LogP contribution in [0.3, 0.4) is 0 Å². The number of alkyl halides is 3. The maximum atomic E-state index is 12.5. The molecule has 0 aliphatic rings. The summed E-state index contributed by atoms with van der Waals surface area (Å²) in [6.45, 7) is 1.22. The maximum Gasteiger partial charge on any atom is 0.405 e. The van der Waals surface area contributed by atoms with Crippen LogP contribution in [0.1, 0.15) is 18.1 Å². The third-order valence-electron chi connectivity index (χ3n) is 3.71. The molecular formula is C20H20BrF3N6S2. The second kappa shape index (κ2) is 12.5. The second-order valence-corrected chi connectivity index (χ2v) is 7.91.